The van der Waals surface area contributed by atoms with Gasteiger partial charge in [-0.2, -0.15) is 0 Å². The van der Waals surface area contributed by atoms with Crippen LogP contribution in [0, 0.1) is 11.8 Å². The molecule has 1 aromatic carbocycles. The molecule has 0 amide bonds. The molecule has 2 rings (SSSR count). The Morgan fingerprint density at radius 3 is 2.53 bits per heavy atom. The number of likely N-dealkylation sites (tertiary alicyclic amines) is 1. The van der Waals surface area contributed by atoms with Crippen LogP contribution in [0.15, 0.2) is 28.7 Å². The zero-order valence-electron chi connectivity index (χ0n) is 11.7. The van der Waals surface area contributed by atoms with Crippen LogP contribution in [-0.4, -0.2) is 30.3 Å². The second kappa shape index (κ2) is 6.67. The molecule has 2 unspecified atom stereocenters. The summed E-state index contributed by atoms with van der Waals surface area (Å²) in [5.74, 6) is 1.74. The number of ketones is 1. The topological polar surface area (TPSA) is 20.3 Å². The molecule has 104 valence electrons. The van der Waals surface area contributed by atoms with Crippen molar-refractivity contribution >= 4 is 21.7 Å². The van der Waals surface area contributed by atoms with Gasteiger partial charge in [0.05, 0.1) is 0 Å². The maximum absolute atomic E-state index is 12.2. The molecule has 0 aromatic heterocycles. The Kier molecular flexibility index (Phi) is 5.17. The molecule has 0 radical (unpaired) electrons. The number of hydrogen-bond acceptors (Lipinski definition) is 2. The Hall–Kier alpha value is -0.670. The Labute approximate surface area is 124 Å². The van der Waals surface area contributed by atoms with Crippen LogP contribution in [0.25, 0.3) is 0 Å². The first-order valence-electron chi connectivity index (χ1n) is 7.06. The summed E-state index contributed by atoms with van der Waals surface area (Å²) in [5.41, 5.74) is 0.806. The average molecular weight is 324 g/mol. The van der Waals surface area contributed by atoms with Crippen LogP contribution in [0.2, 0.25) is 0 Å². The van der Waals surface area contributed by atoms with Crippen molar-refractivity contribution in [2.45, 2.75) is 26.7 Å². The maximum Gasteiger partial charge on any atom is 0.165 e. The van der Waals surface area contributed by atoms with Gasteiger partial charge in [0.1, 0.15) is 0 Å². The van der Waals surface area contributed by atoms with Crippen molar-refractivity contribution < 1.29 is 4.79 Å². The third kappa shape index (κ3) is 4.15. The van der Waals surface area contributed by atoms with E-state index in [0.29, 0.717) is 6.42 Å². The number of halogens is 1. The minimum atomic E-state index is 0.235. The molecule has 1 aromatic rings. The quantitative estimate of drug-likeness (QED) is 0.780. The molecule has 2 atom stereocenters. The van der Waals surface area contributed by atoms with Gasteiger partial charge in [0, 0.05) is 36.1 Å². The largest absolute Gasteiger partial charge is 0.302 e. The van der Waals surface area contributed by atoms with E-state index in [1.165, 1.54) is 6.42 Å². The van der Waals surface area contributed by atoms with E-state index in [1.807, 2.05) is 24.3 Å². The van der Waals surface area contributed by atoms with Crippen LogP contribution in [0.3, 0.4) is 0 Å². The number of Topliss-reactive ketones (excluding diaryl/α,β-unsaturated/α-hetero) is 1. The van der Waals surface area contributed by atoms with Crippen LogP contribution < -0.4 is 0 Å². The Balaban J connectivity index is 1.89. The minimum absolute atomic E-state index is 0.235. The van der Waals surface area contributed by atoms with Crippen molar-refractivity contribution in [2.24, 2.45) is 11.8 Å². The fourth-order valence-corrected chi connectivity index (χ4v) is 3.56. The second-order valence-corrected chi connectivity index (χ2v) is 6.71. The van der Waals surface area contributed by atoms with Gasteiger partial charge in [0.25, 0.3) is 0 Å². The van der Waals surface area contributed by atoms with Crippen molar-refractivity contribution in [3.05, 3.63) is 34.3 Å². The summed E-state index contributed by atoms with van der Waals surface area (Å²) < 4.78 is 0.903. The monoisotopic (exact) mass is 323 g/mol. The molecule has 1 fully saturated rings. The molecular weight excluding hydrogens is 302 g/mol. The number of rotatable bonds is 4. The number of carbonyl (C=O) groups is 1. The van der Waals surface area contributed by atoms with E-state index in [2.05, 4.69) is 34.7 Å². The second-order valence-electron chi connectivity index (χ2n) is 5.86. The van der Waals surface area contributed by atoms with Gasteiger partial charge in [-0.3, -0.25) is 4.79 Å². The lowest BCUT2D eigenvalue weighted by Crippen LogP contribution is -2.39. The van der Waals surface area contributed by atoms with Gasteiger partial charge in [-0.25, -0.2) is 0 Å². The molecule has 0 saturated carbocycles. The highest BCUT2D eigenvalue weighted by atomic mass is 79.9. The first-order chi connectivity index (χ1) is 9.06. The van der Waals surface area contributed by atoms with Crippen LogP contribution in [-0.2, 0) is 0 Å². The van der Waals surface area contributed by atoms with Gasteiger partial charge in [0.15, 0.2) is 5.78 Å². The van der Waals surface area contributed by atoms with Gasteiger partial charge < -0.3 is 4.90 Å². The fraction of sp³-hybridized carbons (Fsp3) is 0.562. The average Bonchev–Trinajstić information content (AvgIpc) is 2.35. The summed E-state index contributed by atoms with van der Waals surface area (Å²) in [6.07, 6.45) is 1.93. The molecule has 0 spiro atoms. The lowest BCUT2D eigenvalue weighted by molar-refractivity contribution is 0.0925. The third-order valence-electron chi connectivity index (χ3n) is 3.77. The molecule has 0 aliphatic carbocycles. The molecule has 0 N–H and O–H groups in total. The summed E-state index contributed by atoms with van der Waals surface area (Å²) >= 11 is 3.45. The van der Waals surface area contributed by atoms with Crippen molar-refractivity contribution in [1.82, 2.24) is 4.90 Å². The molecule has 3 heteroatoms. The summed E-state index contributed by atoms with van der Waals surface area (Å²) in [5, 5.41) is 0. The summed E-state index contributed by atoms with van der Waals surface area (Å²) in [7, 11) is 0. The summed E-state index contributed by atoms with van der Waals surface area (Å²) in [6.45, 7) is 7.76. The molecule has 1 saturated heterocycles. The summed E-state index contributed by atoms with van der Waals surface area (Å²) in [4.78, 5) is 14.7. The molecule has 1 aliphatic heterocycles. The van der Waals surface area contributed by atoms with Crippen molar-refractivity contribution in [2.75, 3.05) is 19.6 Å². The van der Waals surface area contributed by atoms with Gasteiger partial charge in [-0.1, -0.05) is 48.0 Å². The van der Waals surface area contributed by atoms with Crippen LogP contribution in [0.5, 0.6) is 0 Å². The molecule has 19 heavy (non-hydrogen) atoms. The van der Waals surface area contributed by atoms with E-state index in [1.54, 1.807) is 0 Å². The number of piperidine rings is 1. The van der Waals surface area contributed by atoms with Crippen LogP contribution in [0.4, 0.5) is 0 Å². The van der Waals surface area contributed by atoms with E-state index < -0.39 is 0 Å². The normalized spacial score (nSPS) is 24.4. The van der Waals surface area contributed by atoms with Crippen molar-refractivity contribution in [3.8, 4) is 0 Å². The zero-order chi connectivity index (χ0) is 13.8. The standard InChI is InChI=1S/C16H22BrNO/c1-12-9-13(2)11-18(10-12)8-7-16(19)14-5-3-4-6-15(14)17/h3-6,12-13H,7-11H2,1-2H3. The lowest BCUT2D eigenvalue weighted by Gasteiger charge is -2.34. The molecule has 1 heterocycles. The van der Waals surface area contributed by atoms with Gasteiger partial charge in [0.2, 0.25) is 0 Å². The maximum atomic E-state index is 12.2. The number of nitrogens with zero attached hydrogens (tertiary/aromatic N) is 1. The third-order valence-corrected chi connectivity index (χ3v) is 4.47. The van der Waals surface area contributed by atoms with Crippen LogP contribution >= 0.6 is 15.9 Å². The Morgan fingerprint density at radius 2 is 1.89 bits per heavy atom. The number of hydrogen-bond donors (Lipinski definition) is 0. The highest BCUT2D eigenvalue weighted by Crippen LogP contribution is 2.22. The fourth-order valence-electron chi connectivity index (χ4n) is 3.06. The van der Waals surface area contributed by atoms with Gasteiger partial charge >= 0.3 is 0 Å². The molecular formula is C16H22BrNO. The zero-order valence-corrected chi connectivity index (χ0v) is 13.3. The predicted octanol–water partition coefficient (Wildman–Crippen LogP) is 4.00. The molecule has 0 bridgehead atoms. The smallest absolute Gasteiger partial charge is 0.165 e. The summed E-state index contributed by atoms with van der Waals surface area (Å²) in [6, 6.07) is 7.68. The minimum Gasteiger partial charge on any atom is -0.302 e. The van der Waals surface area contributed by atoms with E-state index in [9.17, 15) is 4.79 Å². The first kappa shape index (κ1) is 14.7. The predicted molar refractivity (Wildman–Crippen MR) is 82.5 cm³/mol. The van der Waals surface area contributed by atoms with E-state index >= 15 is 0 Å². The molecule has 1 aliphatic rings. The SMILES string of the molecule is CC1CC(C)CN(CCC(=O)c2ccccc2Br)C1. The number of benzene rings is 1. The van der Waals surface area contributed by atoms with Gasteiger partial charge in [-0.15, -0.1) is 0 Å². The molecule has 2 nitrogen and oxygen atoms in total. The Bertz CT molecular complexity index is 436. The first-order valence-corrected chi connectivity index (χ1v) is 7.85. The number of carbonyl (C=O) groups excluding carboxylic acids is 1. The highest BCUT2D eigenvalue weighted by Gasteiger charge is 2.22. The van der Waals surface area contributed by atoms with Crippen molar-refractivity contribution in [3.63, 3.8) is 0 Å². The Morgan fingerprint density at radius 1 is 1.26 bits per heavy atom. The van der Waals surface area contributed by atoms with Crippen LogP contribution in [0.1, 0.15) is 37.0 Å². The van der Waals surface area contributed by atoms with Crippen molar-refractivity contribution in [1.29, 1.82) is 0 Å². The van der Waals surface area contributed by atoms with Gasteiger partial charge in [-0.05, 0) is 24.3 Å². The lowest BCUT2D eigenvalue weighted by atomic mass is 9.91. The highest BCUT2D eigenvalue weighted by molar-refractivity contribution is 9.10. The van der Waals surface area contributed by atoms with E-state index in [-0.39, 0.29) is 5.78 Å². The van der Waals surface area contributed by atoms with E-state index in [4.69, 9.17) is 0 Å². The van der Waals surface area contributed by atoms with E-state index in [0.717, 1.165) is 41.5 Å².